The third-order valence-electron chi connectivity index (χ3n) is 3.11. The van der Waals surface area contributed by atoms with E-state index in [2.05, 4.69) is 46.8 Å². The molecule has 0 unspecified atom stereocenters. The van der Waals surface area contributed by atoms with Gasteiger partial charge >= 0.3 is 0 Å². The van der Waals surface area contributed by atoms with Crippen LogP contribution in [-0.4, -0.2) is 52.6 Å². The topological polar surface area (TPSA) is 61.4 Å². The van der Waals surface area contributed by atoms with Gasteiger partial charge in [-0.2, -0.15) is 0 Å². The van der Waals surface area contributed by atoms with Crippen LogP contribution >= 0.6 is 31.9 Å². The minimum Gasteiger partial charge on any atom is -0.314 e. The van der Waals surface area contributed by atoms with Gasteiger partial charge < -0.3 is 5.32 Å². The van der Waals surface area contributed by atoms with Gasteiger partial charge in [0.15, 0.2) is 0 Å². The first-order valence-corrected chi connectivity index (χ1v) is 9.44. The van der Waals surface area contributed by atoms with E-state index in [1.165, 1.54) is 0 Å². The van der Waals surface area contributed by atoms with Crippen LogP contribution in [0.25, 0.3) is 0 Å². The zero-order valence-electron chi connectivity index (χ0n) is 10.9. The molecule has 1 aromatic carbocycles. The predicted octanol–water partition coefficient (Wildman–Crippen LogP) is 1.40. The molecule has 1 saturated heterocycles. The fourth-order valence-corrected chi connectivity index (χ4v) is 4.81. The second-order valence-electron chi connectivity index (χ2n) is 4.56. The standard InChI is InChI=1S/C12H17Br2N3O2S/c13-10-1-2-12(11(14)9-10)20(18,19)16-5-8-17-6-3-15-4-7-17/h1-2,9,15-16H,3-8H2. The number of piperazine rings is 1. The van der Waals surface area contributed by atoms with E-state index in [1.54, 1.807) is 18.2 Å². The minimum atomic E-state index is -3.47. The minimum absolute atomic E-state index is 0.265. The Hall–Kier alpha value is 0.01000. The molecule has 20 heavy (non-hydrogen) atoms. The maximum Gasteiger partial charge on any atom is 0.241 e. The van der Waals surface area contributed by atoms with Crippen molar-refractivity contribution in [1.29, 1.82) is 0 Å². The molecule has 1 aromatic rings. The Morgan fingerprint density at radius 2 is 1.95 bits per heavy atom. The van der Waals surface area contributed by atoms with Crippen LogP contribution in [0.5, 0.6) is 0 Å². The Balaban J connectivity index is 1.93. The summed E-state index contributed by atoms with van der Waals surface area (Å²) in [4.78, 5) is 2.51. The van der Waals surface area contributed by atoms with Gasteiger partial charge in [-0.3, -0.25) is 4.90 Å². The van der Waals surface area contributed by atoms with Crippen molar-refractivity contribution in [3.05, 3.63) is 27.1 Å². The van der Waals surface area contributed by atoms with E-state index >= 15 is 0 Å². The van der Waals surface area contributed by atoms with E-state index in [-0.39, 0.29) is 4.90 Å². The van der Waals surface area contributed by atoms with Gasteiger partial charge in [0.2, 0.25) is 10.0 Å². The highest BCUT2D eigenvalue weighted by Crippen LogP contribution is 2.25. The summed E-state index contributed by atoms with van der Waals surface area (Å²) in [6.07, 6.45) is 0. The summed E-state index contributed by atoms with van der Waals surface area (Å²) in [7, 11) is -3.47. The Morgan fingerprint density at radius 3 is 2.60 bits per heavy atom. The van der Waals surface area contributed by atoms with Gasteiger partial charge in [-0.1, -0.05) is 15.9 Å². The van der Waals surface area contributed by atoms with E-state index < -0.39 is 10.0 Å². The molecule has 0 spiro atoms. The van der Waals surface area contributed by atoms with E-state index in [4.69, 9.17) is 0 Å². The van der Waals surface area contributed by atoms with Crippen molar-refractivity contribution in [3.63, 3.8) is 0 Å². The SMILES string of the molecule is O=S(=O)(NCCN1CCNCC1)c1ccc(Br)cc1Br. The molecule has 1 fully saturated rings. The third-order valence-corrected chi connectivity index (χ3v) is 6.04. The maximum absolute atomic E-state index is 12.2. The predicted molar refractivity (Wildman–Crippen MR) is 86.3 cm³/mol. The van der Waals surface area contributed by atoms with Crippen molar-refractivity contribution < 1.29 is 8.42 Å². The van der Waals surface area contributed by atoms with Crippen LogP contribution in [0.1, 0.15) is 0 Å². The lowest BCUT2D eigenvalue weighted by molar-refractivity contribution is 0.245. The second kappa shape index (κ2) is 7.33. The molecule has 0 bridgehead atoms. The van der Waals surface area contributed by atoms with Gasteiger partial charge in [0.05, 0.1) is 4.90 Å². The number of nitrogens with one attached hydrogen (secondary N) is 2. The highest BCUT2D eigenvalue weighted by atomic mass is 79.9. The van der Waals surface area contributed by atoms with Crippen molar-refractivity contribution in [3.8, 4) is 0 Å². The first kappa shape index (κ1) is 16.4. The molecular weight excluding hydrogens is 410 g/mol. The van der Waals surface area contributed by atoms with E-state index in [0.717, 1.165) is 37.2 Å². The van der Waals surface area contributed by atoms with E-state index in [1.807, 2.05) is 0 Å². The lowest BCUT2D eigenvalue weighted by Crippen LogP contribution is -2.46. The summed E-state index contributed by atoms with van der Waals surface area (Å²) in [6.45, 7) is 5.00. The van der Waals surface area contributed by atoms with Crippen LogP contribution < -0.4 is 10.0 Å². The molecule has 5 nitrogen and oxygen atoms in total. The van der Waals surface area contributed by atoms with Crippen LogP contribution in [0.15, 0.2) is 32.0 Å². The summed E-state index contributed by atoms with van der Waals surface area (Å²) < 4.78 is 28.5. The molecule has 8 heteroatoms. The first-order valence-electron chi connectivity index (χ1n) is 6.37. The number of rotatable bonds is 5. The normalized spacial score (nSPS) is 17.3. The first-order chi connectivity index (χ1) is 9.49. The Bertz CT molecular complexity index is 560. The van der Waals surface area contributed by atoms with Crippen LogP contribution in [-0.2, 0) is 10.0 Å². The number of sulfonamides is 1. The van der Waals surface area contributed by atoms with Gasteiger partial charge in [0.25, 0.3) is 0 Å². The Kier molecular flexibility index (Phi) is 6.00. The molecule has 0 atom stereocenters. The average Bonchev–Trinajstić information content (AvgIpc) is 2.39. The molecule has 1 aliphatic heterocycles. The zero-order chi connectivity index (χ0) is 14.6. The largest absolute Gasteiger partial charge is 0.314 e. The smallest absolute Gasteiger partial charge is 0.241 e. The van der Waals surface area contributed by atoms with Crippen molar-refractivity contribution in [1.82, 2.24) is 14.9 Å². The number of halogens is 2. The third kappa shape index (κ3) is 4.51. The van der Waals surface area contributed by atoms with Gasteiger partial charge in [0.1, 0.15) is 0 Å². The molecular formula is C12H17Br2N3O2S. The summed E-state index contributed by atoms with van der Waals surface area (Å²) in [6, 6.07) is 5.03. The van der Waals surface area contributed by atoms with Crippen LogP contribution in [0.2, 0.25) is 0 Å². The molecule has 0 aromatic heterocycles. The molecule has 2 N–H and O–H groups in total. The number of benzene rings is 1. The fourth-order valence-electron chi connectivity index (χ4n) is 2.04. The summed E-state index contributed by atoms with van der Waals surface area (Å²) >= 11 is 6.59. The molecule has 0 saturated carbocycles. The van der Waals surface area contributed by atoms with Gasteiger partial charge in [-0.25, -0.2) is 13.1 Å². The number of nitrogens with zero attached hydrogens (tertiary/aromatic N) is 1. The van der Waals surface area contributed by atoms with Gasteiger partial charge in [-0.15, -0.1) is 0 Å². The molecule has 0 radical (unpaired) electrons. The summed E-state index contributed by atoms with van der Waals surface area (Å²) in [5.74, 6) is 0. The van der Waals surface area contributed by atoms with Crippen molar-refractivity contribution in [2.24, 2.45) is 0 Å². The van der Waals surface area contributed by atoms with Crippen LogP contribution in [0.4, 0.5) is 0 Å². The Morgan fingerprint density at radius 1 is 1.25 bits per heavy atom. The van der Waals surface area contributed by atoms with Crippen molar-refractivity contribution in [2.45, 2.75) is 4.90 Å². The number of hydrogen-bond acceptors (Lipinski definition) is 4. The Labute approximate surface area is 136 Å². The van der Waals surface area contributed by atoms with Crippen LogP contribution in [0.3, 0.4) is 0 Å². The van der Waals surface area contributed by atoms with E-state index in [0.29, 0.717) is 11.0 Å². The van der Waals surface area contributed by atoms with E-state index in [9.17, 15) is 8.42 Å². The van der Waals surface area contributed by atoms with Crippen molar-refractivity contribution in [2.75, 3.05) is 39.3 Å². The lowest BCUT2D eigenvalue weighted by atomic mass is 10.3. The lowest BCUT2D eigenvalue weighted by Gasteiger charge is -2.27. The maximum atomic E-state index is 12.2. The van der Waals surface area contributed by atoms with Crippen molar-refractivity contribution >= 4 is 41.9 Å². The monoisotopic (exact) mass is 425 g/mol. The highest BCUT2D eigenvalue weighted by Gasteiger charge is 2.18. The molecule has 112 valence electrons. The zero-order valence-corrected chi connectivity index (χ0v) is 14.9. The molecule has 1 heterocycles. The summed E-state index contributed by atoms with van der Waals surface area (Å²) in [5.41, 5.74) is 0. The summed E-state index contributed by atoms with van der Waals surface area (Å²) in [5, 5.41) is 3.27. The molecule has 0 aliphatic carbocycles. The highest BCUT2D eigenvalue weighted by molar-refractivity contribution is 9.11. The fraction of sp³-hybridized carbons (Fsp3) is 0.500. The quantitative estimate of drug-likeness (QED) is 0.746. The van der Waals surface area contributed by atoms with Gasteiger partial charge in [-0.05, 0) is 34.1 Å². The molecule has 1 aliphatic rings. The molecule has 2 rings (SSSR count). The molecule has 0 amide bonds. The second-order valence-corrected chi connectivity index (χ2v) is 8.07. The number of hydrogen-bond donors (Lipinski definition) is 2. The van der Waals surface area contributed by atoms with Crippen LogP contribution in [0, 0.1) is 0 Å². The average molecular weight is 427 g/mol. The van der Waals surface area contributed by atoms with Gasteiger partial charge in [0, 0.05) is 48.2 Å².